The Balaban J connectivity index is 2.02. The molecule has 0 spiro atoms. The van der Waals surface area contributed by atoms with E-state index in [1.54, 1.807) is 7.11 Å². The molecule has 1 aromatic rings. The molecule has 4 nitrogen and oxygen atoms in total. The van der Waals surface area contributed by atoms with Crippen molar-refractivity contribution in [3.63, 3.8) is 0 Å². The van der Waals surface area contributed by atoms with Crippen LogP contribution in [0, 0.1) is 11.6 Å². The number of halogens is 2. The minimum absolute atomic E-state index is 0.188. The summed E-state index contributed by atoms with van der Waals surface area (Å²) < 4.78 is 31.8. The van der Waals surface area contributed by atoms with Crippen LogP contribution in [-0.2, 0) is 4.74 Å². The van der Waals surface area contributed by atoms with E-state index in [9.17, 15) is 8.78 Å². The van der Waals surface area contributed by atoms with Crippen molar-refractivity contribution in [3.8, 4) is 0 Å². The molecular weight excluding hydrogens is 264 g/mol. The molecule has 0 amide bonds. The lowest BCUT2D eigenvalue weighted by Gasteiger charge is -2.37. The van der Waals surface area contributed by atoms with Gasteiger partial charge in [0.05, 0.1) is 12.8 Å². The number of nitrogens with one attached hydrogen (secondary N) is 1. The minimum Gasteiger partial charge on any atom is -0.383 e. The maximum Gasteiger partial charge on any atom is 0.168 e. The van der Waals surface area contributed by atoms with Crippen molar-refractivity contribution < 1.29 is 13.5 Å². The van der Waals surface area contributed by atoms with E-state index in [2.05, 4.69) is 10.3 Å². The summed E-state index contributed by atoms with van der Waals surface area (Å²) in [5.74, 6) is -0.975. The van der Waals surface area contributed by atoms with Gasteiger partial charge in [0.1, 0.15) is 5.82 Å². The van der Waals surface area contributed by atoms with Crippen molar-refractivity contribution in [1.82, 2.24) is 10.3 Å². The summed E-state index contributed by atoms with van der Waals surface area (Å²) in [6.07, 6.45) is 4.18. The Bertz CT molecular complexity index is 431. The monoisotopic (exact) mass is 285 g/mol. The topological polar surface area (TPSA) is 37.4 Å². The normalized spacial score (nSPS) is 19.4. The minimum atomic E-state index is -0.641. The summed E-state index contributed by atoms with van der Waals surface area (Å²) in [5, 5.41) is 3.30. The maximum absolute atomic E-state index is 13.9. The molecule has 1 N–H and O–H groups in total. The molecule has 1 aliphatic rings. The molecule has 6 heteroatoms. The maximum atomic E-state index is 13.9. The highest BCUT2D eigenvalue weighted by atomic mass is 19.1. The summed E-state index contributed by atoms with van der Waals surface area (Å²) in [7, 11) is 1.66. The Morgan fingerprint density at radius 2 is 2.30 bits per heavy atom. The second-order valence-electron chi connectivity index (χ2n) is 5.00. The van der Waals surface area contributed by atoms with Crippen LogP contribution >= 0.6 is 0 Å². The predicted octanol–water partition coefficient (Wildman–Crippen LogP) is 1.95. The number of pyridine rings is 1. The van der Waals surface area contributed by atoms with Crippen LogP contribution < -0.4 is 10.2 Å². The Hall–Kier alpha value is -1.27. The smallest absolute Gasteiger partial charge is 0.168 e. The molecule has 0 radical (unpaired) electrons. The quantitative estimate of drug-likeness (QED) is 0.811. The van der Waals surface area contributed by atoms with Crippen molar-refractivity contribution in [3.05, 3.63) is 23.9 Å². The molecule has 0 saturated carbocycles. The Morgan fingerprint density at radius 1 is 1.45 bits per heavy atom. The van der Waals surface area contributed by atoms with Crippen LogP contribution in [0.3, 0.4) is 0 Å². The molecule has 0 aliphatic carbocycles. The van der Waals surface area contributed by atoms with Crippen LogP contribution in [0.2, 0.25) is 0 Å². The summed E-state index contributed by atoms with van der Waals surface area (Å²) in [5.41, 5.74) is 0. The van der Waals surface area contributed by atoms with Gasteiger partial charge in [0.15, 0.2) is 11.6 Å². The summed E-state index contributed by atoms with van der Waals surface area (Å²) in [6, 6.07) is 1.08. The largest absolute Gasteiger partial charge is 0.383 e. The molecule has 0 bridgehead atoms. The van der Waals surface area contributed by atoms with E-state index in [0.717, 1.165) is 51.2 Å². The van der Waals surface area contributed by atoms with Gasteiger partial charge in [-0.15, -0.1) is 0 Å². The van der Waals surface area contributed by atoms with Gasteiger partial charge in [-0.25, -0.2) is 13.8 Å². The first kappa shape index (κ1) is 15.1. The molecule has 1 unspecified atom stereocenters. The third-order valence-electron chi connectivity index (χ3n) is 3.55. The third kappa shape index (κ3) is 3.86. The number of rotatable bonds is 6. The SMILES string of the molecule is COCCNCC1CCCCN1c1ncc(F)cc1F. The predicted molar refractivity (Wildman–Crippen MR) is 73.9 cm³/mol. The van der Waals surface area contributed by atoms with Crippen LogP contribution in [0.4, 0.5) is 14.6 Å². The lowest BCUT2D eigenvalue weighted by Crippen LogP contribution is -2.46. The molecule has 112 valence electrons. The molecule has 0 aromatic carbocycles. The van der Waals surface area contributed by atoms with E-state index >= 15 is 0 Å². The Labute approximate surface area is 118 Å². The zero-order valence-corrected chi connectivity index (χ0v) is 11.7. The number of hydrogen-bond donors (Lipinski definition) is 1. The standard InChI is InChI=1S/C14H21F2N3O/c1-20-7-5-17-10-12-4-2-3-6-19(12)14-13(16)8-11(15)9-18-14/h8-9,12,17H,2-7,10H2,1H3. The number of hydrogen-bond acceptors (Lipinski definition) is 4. The van der Waals surface area contributed by atoms with Gasteiger partial charge in [0.25, 0.3) is 0 Å². The van der Waals surface area contributed by atoms with Crippen LogP contribution in [0.5, 0.6) is 0 Å². The van der Waals surface area contributed by atoms with Gasteiger partial charge in [0, 0.05) is 38.9 Å². The molecule has 1 fully saturated rings. The molecular formula is C14H21F2N3O. The number of aromatic nitrogens is 1. The average Bonchev–Trinajstić information content (AvgIpc) is 2.44. The fourth-order valence-corrected chi connectivity index (χ4v) is 2.55. The number of nitrogens with zero attached hydrogens (tertiary/aromatic N) is 2. The molecule has 1 atom stereocenters. The second kappa shape index (κ2) is 7.50. The fourth-order valence-electron chi connectivity index (χ4n) is 2.55. The molecule has 1 aromatic heterocycles. The second-order valence-corrected chi connectivity index (χ2v) is 5.00. The first-order valence-corrected chi connectivity index (χ1v) is 6.99. The highest BCUT2D eigenvalue weighted by molar-refractivity contribution is 5.41. The average molecular weight is 285 g/mol. The third-order valence-corrected chi connectivity index (χ3v) is 3.55. The van der Waals surface area contributed by atoms with Gasteiger partial charge in [-0.3, -0.25) is 0 Å². The lowest BCUT2D eigenvalue weighted by atomic mass is 10.0. The highest BCUT2D eigenvalue weighted by Gasteiger charge is 2.25. The van der Waals surface area contributed by atoms with Crippen molar-refractivity contribution >= 4 is 5.82 Å². The van der Waals surface area contributed by atoms with Crippen molar-refractivity contribution in [2.75, 3.05) is 38.3 Å². The van der Waals surface area contributed by atoms with Crippen molar-refractivity contribution in [1.29, 1.82) is 0 Å². The van der Waals surface area contributed by atoms with Crippen LogP contribution in [0.15, 0.2) is 12.3 Å². The number of anilines is 1. The van der Waals surface area contributed by atoms with Gasteiger partial charge in [0.2, 0.25) is 0 Å². The molecule has 1 aliphatic heterocycles. The molecule has 2 heterocycles. The first-order valence-electron chi connectivity index (χ1n) is 6.99. The van der Waals surface area contributed by atoms with E-state index in [4.69, 9.17) is 4.74 Å². The zero-order chi connectivity index (χ0) is 14.4. The molecule has 1 saturated heterocycles. The highest BCUT2D eigenvalue weighted by Crippen LogP contribution is 2.25. The Morgan fingerprint density at radius 3 is 3.05 bits per heavy atom. The first-order chi connectivity index (χ1) is 9.72. The van der Waals surface area contributed by atoms with Crippen molar-refractivity contribution in [2.45, 2.75) is 25.3 Å². The van der Waals surface area contributed by atoms with E-state index in [0.29, 0.717) is 6.61 Å². The molecule has 2 rings (SSSR count). The van der Waals surface area contributed by atoms with E-state index in [-0.39, 0.29) is 11.9 Å². The van der Waals surface area contributed by atoms with Gasteiger partial charge in [-0.1, -0.05) is 0 Å². The Kier molecular flexibility index (Phi) is 5.67. The number of methoxy groups -OCH3 is 1. The zero-order valence-electron chi connectivity index (χ0n) is 11.7. The van der Waals surface area contributed by atoms with Crippen LogP contribution in [-0.4, -0.2) is 44.4 Å². The van der Waals surface area contributed by atoms with Gasteiger partial charge in [-0.2, -0.15) is 0 Å². The van der Waals surface area contributed by atoms with Gasteiger partial charge in [-0.05, 0) is 19.3 Å². The van der Waals surface area contributed by atoms with E-state index in [1.165, 1.54) is 0 Å². The summed E-state index contributed by atoms with van der Waals surface area (Å²) in [6.45, 7) is 2.92. The summed E-state index contributed by atoms with van der Waals surface area (Å²) >= 11 is 0. The van der Waals surface area contributed by atoms with Gasteiger partial charge < -0.3 is 15.0 Å². The number of piperidine rings is 1. The van der Waals surface area contributed by atoms with Crippen LogP contribution in [0.25, 0.3) is 0 Å². The van der Waals surface area contributed by atoms with E-state index < -0.39 is 11.6 Å². The van der Waals surface area contributed by atoms with Crippen molar-refractivity contribution in [2.24, 2.45) is 0 Å². The lowest BCUT2D eigenvalue weighted by molar-refractivity contribution is 0.198. The molecule has 20 heavy (non-hydrogen) atoms. The number of ether oxygens (including phenoxy) is 1. The summed E-state index contributed by atoms with van der Waals surface area (Å²) in [4.78, 5) is 5.86. The van der Waals surface area contributed by atoms with Crippen LogP contribution in [0.1, 0.15) is 19.3 Å². The fraction of sp³-hybridized carbons (Fsp3) is 0.643. The van der Waals surface area contributed by atoms with Gasteiger partial charge >= 0.3 is 0 Å². The van der Waals surface area contributed by atoms with E-state index in [1.807, 2.05) is 4.90 Å².